The summed E-state index contributed by atoms with van der Waals surface area (Å²) >= 11 is 3.07. The number of fused-ring (bicyclic) bond motifs is 1. The molecule has 0 bridgehead atoms. The van der Waals surface area contributed by atoms with Crippen LogP contribution in [-0.2, 0) is 4.79 Å². The van der Waals surface area contributed by atoms with Crippen LogP contribution in [0.25, 0.3) is 10.2 Å². The number of hydrogen-bond acceptors (Lipinski definition) is 6. The molecular weight excluding hydrogens is 452 g/mol. The van der Waals surface area contributed by atoms with Crippen molar-refractivity contribution in [2.75, 3.05) is 11.9 Å². The second kappa shape index (κ2) is 9.72. The van der Waals surface area contributed by atoms with Gasteiger partial charge < -0.3 is 10.6 Å². The van der Waals surface area contributed by atoms with E-state index in [1.54, 1.807) is 23.7 Å². The minimum absolute atomic E-state index is 0.119. The van der Waals surface area contributed by atoms with E-state index in [1.807, 2.05) is 50.2 Å². The summed E-state index contributed by atoms with van der Waals surface area (Å²) in [5, 5.41) is 7.47. The van der Waals surface area contributed by atoms with Gasteiger partial charge in [0, 0.05) is 20.8 Å². The fourth-order valence-electron chi connectivity index (χ4n) is 3.53. The molecule has 4 aromatic rings. The van der Waals surface area contributed by atoms with Crippen LogP contribution in [0.1, 0.15) is 31.9 Å². The number of thiophene rings is 1. The maximum atomic E-state index is 12.9. The zero-order valence-corrected chi connectivity index (χ0v) is 20.5. The van der Waals surface area contributed by atoms with E-state index in [4.69, 9.17) is 0 Å². The molecule has 2 N–H and O–H groups in total. The van der Waals surface area contributed by atoms with Gasteiger partial charge in [0.2, 0.25) is 5.91 Å². The largest absolute Gasteiger partial charge is 0.343 e. The molecule has 2 aromatic heterocycles. The number of aryl methyl sites for hydroxylation is 4. The summed E-state index contributed by atoms with van der Waals surface area (Å²) in [6.07, 6.45) is 1.56. The molecule has 2 heterocycles. The Morgan fingerprint density at radius 3 is 2.45 bits per heavy atom. The lowest BCUT2D eigenvalue weighted by atomic mass is 10.1. The fourth-order valence-corrected chi connectivity index (χ4v) is 5.66. The van der Waals surface area contributed by atoms with Gasteiger partial charge in [-0.05, 0) is 56.5 Å². The molecule has 0 aliphatic carbocycles. The fraction of sp³-hybridized carbons (Fsp3) is 0.200. The van der Waals surface area contributed by atoms with E-state index in [-0.39, 0.29) is 18.4 Å². The Labute approximate surface area is 200 Å². The van der Waals surface area contributed by atoms with Crippen LogP contribution in [0, 0.1) is 27.7 Å². The molecule has 0 aliphatic heterocycles. The summed E-state index contributed by atoms with van der Waals surface area (Å²) in [4.78, 5) is 37.2. The number of para-hydroxylation sites is 1. The number of carbonyl (C=O) groups is 2. The first-order valence-corrected chi connectivity index (χ1v) is 12.1. The quantitative estimate of drug-likeness (QED) is 0.362. The zero-order valence-electron chi connectivity index (χ0n) is 18.9. The van der Waals surface area contributed by atoms with Gasteiger partial charge >= 0.3 is 0 Å². The molecule has 2 aromatic carbocycles. The van der Waals surface area contributed by atoms with Gasteiger partial charge in [-0.15, -0.1) is 11.3 Å². The first-order valence-electron chi connectivity index (χ1n) is 10.5. The standard InChI is InChI=1S/C25H24N4O2S2/c1-14-8-7-9-15(2)22(14)29-20(30)12-26-23(31)18-10-5-6-11-19(18)33-25-21-16(3)17(4)32-24(21)27-13-28-25/h5-11,13H,12H2,1-4H3,(H,26,31)(H,29,30). The Balaban J connectivity index is 1.50. The number of rotatable bonds is 6. The van der Waals surface area contributed by atoms with Gasteiger partial charge in [0.25, 0.3) is 5.91 Å². The van der Waals surface area contributed by atoms with Crippen molar-refractivity contribution in [1.82, 2.24) is 15.3 Å². The lowest BCUT2D eigenvalue weighted by Crippen LogP contribution is -2.33. The van der Waals surface area contributed by atoms with Crippen molar-refractivity contribution in [3.05, 3.63) is 75.9 Å². The molecule has 0 unspecified atom stereocenters. The predicted octanol–water partition coefficient (Wildman–Crippen LogP) is 5.44. The number of nitrogens with zero attached hydrogens (tertiary/aromatic N) is 2. The molecule has 0 aliphatic rings. The Kier molecular flexibility index (Phi) is 6.76. The average Bonchev–Trinajstić information content (AvgIpc) is 3.09. The molecule has 0 fully saturated rings. The summed E-state index contributed by atoms with van der Waals surface area (Å²) in [6.45, 7) is 7.90. The van der Waals surface area contributed by atoms with Crippen LogP contribution in [0.4, 0.5) is 5.69 Å². The topological polar surface area (TPSA) is 84.0 Å². The molecule has 33 heavy (non-hydrogen) atoms. The number of benzene rings is 2. The molecular formula is C25H24N4O2S2. The van der Waals surface area contributed by atoms with Crippen molar-refractivity contribution in [1.29, 1.82) is 0 Å². The summed E-state index contributed by atoms with van der Waals surface area (Å²) in [6, 6.07) is 13.2. The number of nitrogens with one attached hydrogen (secondary N) is 2. The summed E-state index contributed by atoms with van der Waals surface area (Å²) in [7, 11) is 0. The van der Waals surface area contributed by atoms with Crippen LogP contribution in [0.5, 0.6) is 0 Å². The molecule has 0 atom stereocenters. The maximum absolute atomic E-state index is 12.9. The minimum atomic E-state index is -0.307. The third kappa shape index (κ3) is 4.91. The molecule has 0 radical (unpaired) electrons. The third-order valence-electron chi connectivity index (χ3n) is 5.42. The molecule has 0 spiro atoms. The molecule has 8 heteroatoms. The highest BCUT2D eigenvalue weighted by Crippen LogP contribution is 2.38. The number of amides is 2. The van der Waals surface area contributed by atoms with Crippen LogP contribution in [-0.4, -0.2) is 28.3 Å². The highest BCUT2D eigenvalue weighted by atomic mass is 32.2. The SMILES string of the molecule is Cc1cccc(C)c1NC(=O)CNC(=O)c1ccccc1Sc1ncnc2sc(C)c(C)c12. The lowest BCUT2D eigenvalue weighted by molar-refractivity contribution is -0.115. The zero-order chi connectivity index (χ0) is 23.5. The maximum Gasteiger partial charge on any atom is 0.252 e. The van der Waals surface area contributed by atoms with Gasteiger partial charge in [0.15, 0.2) is 0 Å². The van der Waals surface area contributed by atoms with E-state index in [0.29, 0.717) is 5.56 Å². The number of aromatic nitrogens is 2. The van der Waals surface area contributed by atoms with Crippen molar-refractivity contribution in [3.63, 3.8) is 0 Å². The van der Waals surface area contributed by atoms with Crippen molar-refractivity contribution < 1.29 is 9.59 Å². The molecule has 2 amide bonds. The number of carbonyl (C=O) groups excluding carboxylic acids is 2. The summed E-state index contributed by atoms with van der Waals surface area (Å²) in [5.41, 5.74) is 4.39. The van der Waals surface area contributed by atoms with E-state index >= 15 is 0 Å². The number of anilines is 1. The smallest absolute Gasteiger partial charge is 0.252 e. The normalized spacial score (nSPS) is 10.9. The summed E-state index contributed by atoms with van der Waals surface area (Å²) in [5.74, 6) is -0.578. The molecule has 168 valence electrons. The lowest BCUT2D eigenvalue weighted by Gasteiger charge is -2.13. The van der Waals surface area contributed by atoms with Crippen molar-refractivity contribution in [2.45, 2.75) is 37.6 Å². The van der Waals surface area contributed by atoms with E-state index in [2.05, 4.69) is 34.4 Å². The third-order valence-corrected chi connectivity index (χ3v) is 7.62. The van der Waals surface area contributed by atoms with Gasteiger partial charge in [-0.1, -0.05) is 42.1 Å². The Hall–Kier alpha value is -3.23. The van der Waals surface area contributed by atoms with Gasteiger partial charge in [0.05, 0.1) is 12.1 Å². The van der Waals surface area contributed by atoms with Crippen LogP contribution in [0.3, 0.4) is 0 Å². The van der Waals surface area contributed by atoms with Gasteiger partial charge in [-0.2, -0.15) is 0 Å². The van der Waals surface area contributed by atoms with Gasteiger partial charge in [-0.3, -0.25) is 9.59 Å². The highest BCUT2D eigenvalue weighted by Gasteiger charge is 2.17. The number of hydrogen-bond donors (Lipinski definition) is 2. The van der Waals surface area contributed by atoms with Crippen LogP contribution in [0.2, 0.25) is 0 Å². The van der Waals surface area contributed by atoms with Crippen molar-refractivity contribution in [3.8, 4) is 0 Å². The highest BCUT2D eigenvalue weighted by molar-refractivity contribution is 7.99. The molecule has 0 saturated carbocycles. The van der Waals surface area contributed by atoms with Gasteiger partial charge in [-0.25, -0.2) is 9.97 Å². The molecule has 0 saturated heterocycles. The van der Waals surface area contributed by atoms with E-state index < -0.39 is 0 Å². The Morgan fingerprint density at radius 2 is 1.70 bits per heavy atom. The van der Waals surface area contributed by atoms with Crippen molar-refractivity contribution in [2.24, 2.45) is 0 Å². The van der Waals surface area contributed by atoms with E-state index in [0.717, 1.165) is 42.5 Å². The first kappa shape index (κ1) is 22.9. The van der Waals surface area contributed by atoms with E-state index in [1.165, 1.54) is 16.6 Å². The second-order valence-corrected chi connectivity index (χ2v) is 9.97. The average molecular weight is 477 g/mol. The Morgan fingerprint density at radius 1 is 0.970 bits per heavy atom. The van der Waals surface area contributed by atoms with Crippen LogP contribution < -0.4 is 10.6 Å². The first-order chi connectivity index (χ1) is 15.8. The van der Waals surface area contributed by atoms with Crippen LogP contribution >= 0.6 is 23.1 Å². The predicted molar refractivity (Wildman–Crippen MR) is 134 cm³/mol. The molecule has 4 rings (SSSR count). The molecule has 6 nitrogen and oxygen atoms in total. The van der Waals surface area contributed by atoms with E-state index in [9.17, 15) is 9.59 Å². The Bertz CT molecular complexity index is 1340. The van der Waals surface area contributed by atoms with Crippen LogP contribution in [0.15, 0.2) is 58.7 Å². The van der Waals surface area contributed by atoms with Gasteiger partial charge in [0.1, 0.15) is 16.2 Å². The minimum Gasteiger partial charge on any atom is -0.343 e. The second-order valence-electron chi connectivity index (χ2n) is 7.74. The van der Waals surface area contributed by atoms with Crippen molar-refractivity contribution >= 4 is 50.8 Å². The monoisotopic (exact) mass is 476 g/mol. The summed E-state index contributed by atoms with van der Waals surface area (Å²) < 4.78 is 0.